The second-order valence-electron chi connectivity index (χ2n) is 7.58. The molecule has 0 spiro atoms. The van der Waals surface area contributed by atoms with E-state index in [9.17, 15) is 9.59 Å². The summed E-state index contributed by atoms with van der Waals surface area (Å²) < 4.78 is 5.14. The van der Waals surface area contributed by atoms with Crippen molar-refractivity contribution in [2.24, 2.45) is 0 Å². The van der Waals surface area contributed by atoms with Crippen LogP contribution in [0.1, 0.15) is 44.4 Å². The van der Waals surface area contributed by atoms with Crippen LogP contribution in [0.5, 0.6) is 0 Å². The molecule has 2 aromatic carbocycles. The number of hydrogen-bond acceptors (Lipinski definition) is 3. The van der Waals surface area contributed by atoms with E-state index in [1.807, 2.05) is 75.4 Å². The number of benzene rings is 2. The number of amides is 2. The summed E-state index contributed by atoms with van der Waals surface area (Å²) in [5.41, 5.74) is 3.23. The van der Waals surface area contributed by atoms with Gasteiger partial charge in [0.2, 0.25) is 0 Å². The Morgan fingerprint density at radius 1 is 1.10 bits per heavy atom. The van der Waals surface area contributed by atoms with Gasteiger partial charge in [0, 0.05) is 6.42 Å². The maximum Gasteiger partial charge on any atom is 0.329 e. The first-order valence-corrected chi connectivity index (χ1v) is 9.78. The number of allylic oxidation sites excluding steroid dienone is 1. The molecule has 0 bridgehead atoms. The molecule has 1 atom stereocenters. The predicted molar refractivity (Wildman–Crippen MR) is 116 cm³/mol. The zero-order valence-electron chi connectivity index (χ0n) is 17.6. The zero-order chi connectivity index (χ0) is 21.4. The largest absolute Gasteiger partial charge is 0.464 e. The molecule has 1 unspecified atom stereocenters. The molecule has 0 radical (unpaired) electrons. The van der Waals surface area contributed by atoms with E-state index in [-0.39, 0.29) is 6.61 Å². The van der Waals surface area contributed by atoms with Gasteiger partial charge in [-0.1, -0.05) is 60.7 Å². The van der Waals surface area contributed by atoms with Gasteiger partial charge in [-0.3, -0.25) is 0 Å². The number of carbonyl (C=O) groups excluding carboxylic acids is 2. The van der Waals surface area contributed by atoms with Crippen molar-refractivity contribution in [3.05, 3.63) is 77.9 Å². The van der Waals surface area contributed by atoms with E-state index in [2.05, 4.69) is 17.2 Å². The molecule has 0 heterocycles. The quantitative estimate of drug-likeness (QED) is 0.651. The Bertz CT molecular complexity index is 859. The number of ether oxygens (including phenoxy) is 1. The summed E-state index contributed by atoms with van der Waals surface area (Å²) in [6.45, 7) is 11.8. The Balaban J connectivity index is 2.12. The molecule has 29 heavy (non-hydrogen) atoms. The Labute approximate surface area is 173 Å². The van der Waals surface area contributed by atoms with Crippen molar-refractivity contribution < 1.29 is 14.3 Å². The summed E-state index contributed by atoms with van der Waals surface area (Å²) in [6, 6.07) is 16.2. The molecule has 0 aliphatic heterocycles. The van der Waals surface area contributed by atoms with Crippen LogP contribution in [-0.2, 0) is 21.5 Å². The molecule has 5 heteroatoms. The molecule has 5 nitrogen and oxygen atoms in total. The lowest BCUT2D eigenvalue weighted by Gasteiger charge is -2.29. The minimum absolute atomic E-state index is 0.257. The highest BCUT2D eigenvalue weighted by Gasteiger charge is 2.27. The van der Waals surface area contributed by atoms with E-state index in [0.717, 1.165) is 22.3 Å². The van der Waals surface area contributed by atoms with Crippen LogP contribution in [0.3, 0.4) is 0 Å². The lowest BCUT2D eigenvalue weighted by molar-refractivity contribution is -0.145. The van der Waals surface area contributed by atoms with E-state index >= 15 is 0 Å². The highest BCUT2D eigenvalue weighted by molar-refractivity contribution is 5.84. The van der Waals surface area contributed by atoms with Crippen molar-refractivity contribution in [3.8, 4) is 0 Å². The number of rotatable bonds is 8. The number of hydrogen-bond donors (Lipinski definition) is 2. The van der Waals surface area contributed by atoms with Crippen molar-refractivity contribution in [3.63, 3.8) is 0 Å². The van der Waals surface area contributed by atoms with Crippen molar-refractivity contribution in [2.45, 2.75) is 45.7 Å². The molecule has 0 aromatic heterocycles. The fourth-order valence-corrected chi connectivity index (χ4v) is 3.01. The van der Waals surface area contributed by atoms with Crippen LogP contribution in [-0.4, -0.2) is 24.6 Å². The highest BCUT2D eigenvalue weighted by Crippen LogP contribution is 2.23. The molecule has 2 amide bonds. The second kappa shape index (κ2) is 9.92. The predicted octanol–water partition coefficient (Wildman–Crippen LogP) is 4.43. The van der Waals surface area contributed by atoms with Crippen molar-refractivity contribution in [2.75, 3.05) is 6.61 Å². The molecule has 2 aromatic rings. The summed E-state index contributed by atoms with van der Waals surface area (Å²) in [4.78, 5) is 25.1. The van der Waals surface area contributed by atoms with Gasteiger partial charge in [-0.05, 0) is 50.5 Å². The maximum absolute atomic E-state index is 12.7. The summed E-state index contributed by atoms with van der Waals surface area (Å²) in [6.07, 6.45) is 0.360. The van der Waals surface area contributed by atoms with Gasteiger partial charge in [-0.15, -0.1) is 0 Å². The summed E-state index contributed by atoms with van der Waals surface area (Å²) in [5, 5.41) is 5.74. The molecular weight excluding hydrogens is 364 g/mol. The Morgan fingerprint density at radius 3 is 2.41 bits per heavy atom. The average molecular weight is 395 g/mol. The third kappa shape index (κ3) is 6.49. The third-order valence-corrected chi connectivity index (χ3v) is 4.66. The van der Waals surface area contributed by atoms with Crippen LogP contribution in [0.15, 0.2) is 61.2 Å². The highest BCUT2D eigenvalue weighted by atomic mass is 16.5. The van der Waals surface area contributed by atoms with Gasteiger partial charge in [0.05, 0.1) is 12.1 Å². The monoisotopic (exact) mass is 394 g/mol. The van der Waals surface area contributed by atoms with Gasteiger partial charge in [0.25, 0.3) is 0 Å². The minimum atomic E-state index is -0.769. The number of carbonyl (C=O) groups is 2. The molecule has 0 saturated heterocycles. The summed E-state index contributed by atoms with van der Waals surface area (Å²) >= 11 is 0. The second-order valence-corrected chi connectivity index (χ2v) is 7.58. The van der Waals surface area contributed by atoms with Gasteiger partial charge in [-0.2, -0.15) is 0 Å². The van der Waals surface area contributed by atoms with Crippen LogP contribution in [0.2, 0.25) is 0 Å². The summed E-state index contributed by atoms with van der Waals surface area (Å²) in [7, 11) is 0. The first-order valence-electron chi connectivity index (χ1n) is 9.78. The molecule has 0 aliphatic rings. The van der Waals surface area contributed by atoms with E-state index in [0.29, 0.717) is 6.42 Å². The average Bonchev–Trinajstić information content (AvgIpc) is 2.68. The van der Waals surface area contributed by atoms with Crippen LogP contribution >= 0.6 is 0 Å². The molecular formula is C24H30N2O3. The first-order chi connectivity index (χ1) is 13.7. The maximum atomic E-state index is 12.7. The van der Waals surface area contributed by atoms with Crippen LogP contribution < -0.4 is 10.6 Å². The lowest BCUT2D eigenvalue weighted by Crippen LogP contribution is -2.52. The standard InChI is InChI=1S/C24H30N2O3/c1-6-29-22(27)21(15-18-11-8-7-9-12-18)25-23(28)26-24(4,5)20-14-10-13-19(16-20)17(2)3/h7-14,16,21H,2,6,15H2,1,3-5H3,(H2,25,26,28). The lowest BCUT2D eigenvalue weighted by atomic mass is 9.92. The molecule has 154 valence electrons. The van der Waals surface area contributed by atoms with Crippen LogP contribution in [0.25, 0.3) is 5.57 Å². The van der Waals surface area contributed by atoms with E-state index in [1.165, 1.54) is 0 Å². The van der Waals surface area contributed by atoms with E-state index < -0.39 is 23.6 Å². The van der Waals surface area contributed by atoms with Crippen molar-refractivity contribution in [1.82, 2.24) is 10.6 Å². The zero-order valence-corrected chi connectivity index (χ0v) is 17.6. The van der Waals surface area contributed by atoms with Crippen LogP contribution in [0.4, 0.5) is 4.79 Å². The van der Waals surface area contributed by atoms with Gasteiger partial charge in [0.15, 0.2) is 0 Å². The van der Waals surface area contributed by atoms with E-state index in [4.69, 9.17) is 4.74 Å². The number of urea groups is 1. The molecule has 2 rings (SSSR count). The fraction of sp³-hybridized carbons (Fsp3) is 0.333. The van der Waals surface area contributed by atoms with Gasteiger partial charge >= 0.3 is 12.0 Å². The molecule has 0 aliphatic carbocycles. The Kier molecular flexibility index (Phi) is 7.59. The SMILES string of the molecule is C=C(C)c1cccc(C(C)(C)NC(=O)NC(Cc2ccccc2)C(=O)OCC)c1. The topological polar surface area (TPSA) is 67.4 Å². The van der Waals surface area contributed by atoms with E-state index in [1.54, 1.807) is 6.92 Å². The van der Waals surface area contributed by atoms with Crippen LogP contribution in [0, 0.1) is 0 Å². The molecule has 2 N–H and O–H groups in total. The third-order valence-electron chi connectivity index (χ3n) is 4.66. The molecule has 0 saturated carbocycles. The van der Waals surface area contributed by atoms with Crippen molar-refractivity contribution in [1.29, 1.82) is 0 Å². The smallest absolute Gasteiger partial charge is 0.329 e. The Hall–Kier alpha value is -3.08. The first kappa shape index (κ1) is 22.2. The Morgan fingerprint density at radius 2 is 1.79 bits per heavy atom. The normalized spacial score (nSPS) is 12.0. The number of esters is 1. The van der Waals surface area contributed by atoms with Gasteiger partial charge in [0.1, 0.15) is 6.04 Å². The van der Waals surface area contributed by atoms with Gasteiger partial charge < -0.3 is 15.4 Å². The summed E-state index contributed by atoms with van der Waals surface area (Å²) in [5.74, 6) is -0.450. The minimum Gasteiger partial charge on any atom is -0.464 e. The molecule has 0 fully saturated rings. The van der Waals surface area contributed by atoms with Gasteiger partial charge in [-0.25, -0.2) is 9.59 Å². The van der Waals surface area contributed by atoms with Crippen molar-refractivity contribution >= 4 is 17.6 Å². The fourth-order valence-electron chi connectivity index (χ4n) is 3.01. The number of nitrogens with one attached hydrogen (secondary N) is 2.